The number of alkyl halides is 1. The topological polar surface area (TPSA) is 17.8 Å². The first-order chi connectivity index (χ1) is 9.61. The van der Waals surface area contributed by atoms with E-state index in [4.69, 9.17) is 11.6 Å². The molecule has 6 heteroatoms. The highest BCUT2D eigenvalue weighted by atomic mass is 79.9. The first-order valence-corrected chi connectivity index (χ1v) is 7.12. The number of halogens is 4. The highest BCUT2D eigenvalue weighted by molar-refractivity contribution is 9.10. The molecule has 0 fully saturated rings. The van der Waals surface area contributed by atoms with E-state index in [1.807, 2.05) is 12.1 Å². The molecule has 3 aromatic rings. The molecule has 0 saturated heterocycles. The molecule has 2 aromatic carbocycles. The van der Waals surface area contributed by atoms with Crippen LogP contribution in [-0.2, 0) is 5.88 Å². The summed E-state index contributed by atoms with van der Waals surface area (Å²) in [6.45, 7) is 0. The van der Waals surface area contributed by atoms with Crippen LogP contribution >= 0.6 is 27.5 Å². The highest BCUT2D eigenvalue weighted by Crippen LogP contribution is 2.27. The molecule has 0 amide bonds. The van der Waals surface area contributed by atoms with Crippen LogP contribution in [0.2, 0.25) is 0 Å². The Bertz CT molecular complexity index is 784. The van der Waals surface area contributed by atoms with E-state index in [0.717, 1.165) is 10.5 Å². The van der Waals surface area contributed by atoms with Gasteiger partial charge in [-0.1, -0.05) is 15.9 Å². The maximum absolute atomic E-state index is 14.1. The van der Waals surface area contributed by atoms with Crippen molar-refractivity contribution < 1.29 is 8.78 Å². The SMILES string of the molecule is Fc1ccc2nc(CCl)n(-c3ccc(Br)cc3)c2c1F. The second kappa shape index (κ2) is 5.14. The molecule has 102 valence electrons. The lowest BCUT2D eigenvalue weighted by molar-refractivity contribution is 0.514. The zero-order valence-electron chi connectivity index (χ0n) is 10.1. The van der Waals surface area contributed by atoms with E-state index < -0.39 is 11.6 Å². The third-order valence-corrected chi connectivity index (χ3v) is 3.75. The summed E-state index contributed by atoms with van der Waals surface area (Å²) in [5, 5.41) is 0. The summed E-state index contributed by atoms with van der Waals surface area (Å²) in [5.74, 6) is -1.26. The van der Waals surface area contributed by atoms with E-state index in [1.54, 1.807) is 12.1 Å². The van der Waals surface area contributed by atoms with Crippen LogP contribution < -0.4 is 0 Å². The molecule has 0 bridgehead atoms. The normalized spacial score (nSPS) is 11.2. The molecule has 20 heavy (non-hydrogen) atoms. The second-order valence-corrected chi connectivity index (χ2v) is 5.39. The third kappa shape index (κ3) is 2.11. The zero-order chi connectivity index (χ0) is 14.3. The fourth-order valence-electron chi connectivity index (χ4n) is 2.11. The molecule has 0 aliphatic heterocycles. The smallest absolute Gasteiger partial charge is 0.185 e. The molecule has 0 radical (unpaired) electrons. The fraction of sp³-hybridized carbons (Fsp3) is 0.0714. The number of hydrogen-bond acceptors (Lipinski definition) is 1. The number of rotatable bonds is 2. The molecule has 0 aliphatic rings. The maximum Gasteiger partial charge on any atom is 0.185 e. The van der Waals surface area contributed by atoms with Gasteiger partial charge in [-0.2, -0.15) is 0 Å². The van der Waals surface area contributed by atoms with Gasteiger partial charge in [-0.3, -0.25) is 4.57 Å². The molecule has 0 spiro atoms. The van der Waals surface area contributed by atoms with Crippen molar-refractivity contribution in [1.29, 1.82) is 0 Å². The Kier molecular flexibility index (Phi) is 3.48. The van der Waals surface area contributed by atoms with E-state index in [2.05, 4.69) is 20.9 Å². The molecular formula is C14H8BrClF2N2. The molecular weight excluding hydrogens is 350 g/mol. The average molecular weight is 358 g/mol. The first-order valence-electron chi connectivity index (χ1n) is 5.79. The minimum absolute atomic E-state index is 0.1000. The van der Waals surface area contributed by atoms with E-state index in [0.29, 0.717) is 17.0 Å². The lowest BCUT2D eigenvalue weighted by Gasteiger charge is -2.08. The molecule has 0 saturated carbocycles. The number of nitrogens with zero attached hydrogens (tertiary/aromatic N) is 2. The van der Waals surface area contributed by atoms with Crippen LogP contribution in [0.4, 0.5) is 8.78 Å². The Hall–Kier alpha value is -1.46. The van der Waals surface area contributed by atoms with Gasteiger partial charge in [-0.25, -0.2) is 13.8 Å². The second-order valence-electron chi connectivity index (χ2n) is 4.20. The Morgan fingerprint density at radius 2 is 1.80 bits per heavy atom. The number of fused-ring (bicyclic) bond motifs is 1. The highest BCUT2D eigenvalue weighted by Gasteiger charge is 2.18. The molecule has 1 aromatic heterocycles. The van der Waals surface area contributed by atoms with Crippen LogP contribution in [-0.4, -0.2) is 9.55 Å². The van der Waals surface area contributed by atoms with E-state index in [1.165, 1.54) is 10.6 Å². The zero-order valence-corrected chi connectivity index (χ0v) is 12.4. The van der Waals surface area contributed by atoms with Crippen LogP contribution in [0.1, 0.15) is 5.82 Å². The Morgan fingerprint density at radius 3 is 2.45 bits per heavy atom. The van der Waals surface area contributed by atoms with Crippen LogP contribution in [0, 0.1) is 11.6 Å². The molecule has 0 aliphatic carbocycles. The van der Waals surface area contributed by atoms with Gasteiger partial charge in [0.05, 0.1) is 11.4 Å². The molecule has 0 unspecified atom stereocenters. The van der Waals surface area contributed by atoms with Gasteiger partial charge in [0, 0.05) is 10.2 Å². The summed E-state index contributed by atoms with van der Waals surface area (Å²) in [6, 6.07) is 9.71. The summed E-state index contributed by atoms with van der Waals surface area (Å²) in [5.41, 5.74) is 1.15. The van der Waals surface area contributed by atoms with Crippen molar-refractivity contribution in [3.63, 3.8) is 0 Å². The van der Waals surface area contributed by atoms with Gasteiger partial charge in [0.15, 0.2) is 11.6 Å². The predicted molar refractivity (Wildman–Crippen MR) is 78.2 cm³/mol. The minimum Gasteiger partial charge on any atom is -0.293 e. The number of imidazole rings is 1. The summed E-state index contributed by atoms with van der Waals surface area (Å²) in [7, 11) is 0. The molecule has 0 N–H and O–H groups in total. The summed E-state index contributed by atoms with van der Waals surface area (Å²) in [4.78, 5) is 4.24. The van der Waals surface area contributed by atoms with Gasteiger partial charge >= 0.3 is 0 Å². The Balaban J connectivity index is 2.37. The molecule has 3 rings (SSSR count). The van der Waals surface area contributed by atoms with Crippen LogP contribution in [0.5, 0.6) is 0 Å². The van der Waals surface area contributed by atoms with Crippen molar-refractivity contribution in [2.75, 3.05) is 0 Å². The number of hydrogen-bond donors (Lipinski definition) is 0. The van der Waals surface area contributed by atoms with Gasteiger partial charge in [0.25, 0.3) is 0 Å². The lowest BCUT2D eigenvalue weighted by Crippen LogP contribution is -2.01. The van der Waals surface area contributed by atoms with Gasteiger partial charge in [-0.05, 0) is 36.4 Å². The summed E-state index contributed by atoms with van der Waals surface area (Å²) >= 11 is 9.20. The van der Waals surface area contributed by atoms with Gasteiger partial charge in [-0.15, -0.1) is 11.6 Å². The van der Waals surface area contributed by atoms with E-state index in [-0.39, 0.29) is 11.4 Å². The average Bonchev–Trinajstić information content (AvgIpc) is 2.83. The molecule has 0 atom stereocenters. The quantitative estimate of drug-likeness (QED) is 0.602. The summed E-state index contributed by atoms with van der Waals surface area (Å²) in [6.07, 6.45) is 0. The largest absolute Gasteiger partial charge is 0.293 e. The Labute approximate surface area is 127 Å². The minimum atomic E-state index is -0.922. The summed E-state index contributed by atoms with van der Waals surface area (Å²) < 4.78 is 30.0. The van der Waals surface area contributed by atoms with Crippen molar-refractivity contribution in [3.05, 3.63) is 58.3 Å². The number of benzene rings is 2. The third-order valence-electron chi connectivity index (χ3n) is 2.98. The number of aromatic nitrogens is 2. The first kappa shape index (κ1) is 13.5. The predicted octanol–water partition coefficient (Wildman–Crippen LogP) is 4.81. The maximum atomic E-state index is 14.1. The van der Waals surface area contributed by atoms with Crippen molar-refractivity contribution >= 4 is 38.6 Å². The fourth-order valence-corrected chi connectivity index (χ4v) is 2.55. The van der Waals surface area contributed by atoms with Crippen molar-refractivity contribution in [3.8, 4) is 5.69 Å². The van der Waals surface area contributed by atoms with Crippen LogP contribution in [0.15, 0.2) is 40.9 Å². The monoisotopic (exact) mass is 356 g/mol. The van der Waals surface area contributed by atoms with Crippen molar-refractivity contribution in [2.45, 2.75) is 5.88 Å². The van der Waals surface area contributed by atoms with Crippen molar-refractivity contribution in [1.82, 2.24) is 9.55 Å². The van der Waals surface area contributed by atoms with Crippen molar-refractivity contribution in [2.24, 2.45) is 0 Å². The molecule has 2 nitrogen and oxygen atoms in total. The van der Waals surface area contributed by atoms with Crippen LogP contribution in [0.3, 0.4) is 0 Å². The van der Waals surface area contributed by atoms with Gasteiger partial charge < -0.3 is 0 Å². The van der Waals surface area contributed by atoms with E-state index in [9.17, 15) is 8.78 Å². The lowest BCUT2D eigenvalue weighted by atomic mass is 10.2. The molecule has 1 heterocycles. The van der Waals surface area contributed by atoms with Gasteiger partial charge in [0.1, 0.15) is 11.3 Å². The standard InChI is InChI=1S/C14H8BrClF2N2/c15-8-1-3-9(4-2-8)20-12(7-16)19-11-6-5-10(17)13(18)14(11)20/h1-6H,7H2. The van der Waals surface area contributed by atoms with Gasteiger partial charge in [0.2, 0.25) is 0 Å². The van der Waals surface area contributed by atoms with E-state index >= 15 is 0 Å². The Morgan fingerprint density at radius 1 is 1.10 bits per heavy atom. The van der Waals surface area contributed by atoms with Crippen LogP contribution in [0.25, 0.3) is 16.7 Å².